The van der Waals surface area contributed by atoms with Gasteiger partial charge >= 0.3 is 39.5 Å². The molecule has 0 radical (unpaired) electrons. The van der Waals surface area contributed by atoms with Crippen molar-refractivity contribution >= 4 is 53.2 Å². The molecule has 0 bridgehead atoms. The van der Waals surface area contributed by atoms with E-state index in [4.69, 9.17) is 20.8 Å². The van der Waals surface area contributed by atoms with Crippen LogP contribution >= 0.6 is 28.3 Å². The normalized spacial score (nSPS) is 10.5. The summed E-state index contributed by atoms with van der Waals surface area (Å²) in [5.74, 6) is 0. The molecule has 0 unspecified atom stereocenters. The zero-order chi connectivity index (χ0) is 12.4. The van der Waals surface area contributed by atoms with E-state index in [1.807, 2.05) is 0 Å². The molecule has 0 rings (SSSR count). The quantitative estimate of drug-likeness (QED) is 0.321. The van der Waals surface area contributed by atoms with Crippen LogP contribution in [0.1, 0.15) is 0 Å². The molecule has 0 aliphatic heterocycles. The molecule has 0 spiro atoms. The molecular weight excluding hydrogens is 387 g/mol. The summed E-state index contributed by atoms with van der Waals surface area (Å²) in [6.45, 7) is 0. The Balaban J connectivity index is -0.000000153. The van der Waals surface area contributed by atoms with Crippen molar-refractivity contribution in [1.29, 1.82) is 0 Å². The molecule has 15 heavy (non-hydrogen) atoms. The molecule has 0 aliphatic rings. The van der Waals surface area contributed by atoms with Gasteiger partial charge in [0.15, 0.2) is 0 Å². The molecule has 0 amide bonds. The molecule has 8 nitrogen and oxygen atoms in total. The van der Waals surface area contributed by atoms with E-state index < -0.39 is 0 Å². The van der Waals surface area contributed by atoms with Gasteiger partial charge in [0.05, 0.1) is 24.9 Å². The van der Waals surface area contributed by atoms with Crippen LogP contribution in [0, 0.1) is 0 Å². The molecule has 91 valence electrons. The zero-order valence-electron chi connectivity index (χ0n) is 6.98. The molecule has 0 aromatic carbocycles. The Morgan fingerprint density at radius 1 is 0.667 bits per heavy atom. The molecule has 0 heterocycles. The van der Waals surface area contributed by atoms with Gasteiger partial charge in [0, 0.05) is 0 Å². The van der Waals surface area contributed by atoms with E-state index in [-0.39, 0.29) is 0 Å². The fourth-order valence-electron chi connectivity index (χ4n) is 0.119. The Kier molecular flexibility index (Phi) is 38.6. The fraction of sp³-hybridized carbons (Fsp3) is 0. The van der Waals surface area contributed by atoms with Crippen molar-refractivity contribution in [2.75, 3.05) is 0 Å². The maximum absolute atomic E-state index is 7.56. The third-order valence-corrected chi connectivity index (χ3v) is 0.400. The van der Waals surface area contributed by atoms with E-state index in [1.54, 1.807) is 0 Å². The molecule has 0 aromatic heterocycles. The van der Waals surface area contributed by atoms with Gasteiger partial charge in [-0.05, 0) is 0 Å². The third kappa shape index (κ3) is 60.1. The molecule has 0 aromatic rings. The van der Waals surface area contributed by atoms with Crippen molar-refractivity contribution in [2.45, 2.75) is 0 Å². The Morgan fingerprint density at radius 2 is 0.800 bits per heavy atom. The van der Waals surface area contributed by atoms with Gasteiger partial charge in [-0.1, -0.05) is 20.6 Å². The molecule has 0 atom stereocenters. The second-order valence-corrected chi connectivity index (χ2v) is 6.36. The SMILES string of the molecule is O/N=C/C=N/O.O/N=C/C=N/O.[Br][Co][Br]. The molecule has 0 saturated carbocycles. The predicted molar refractivity (Wildman–Crippen MR) is 59.0 cm³/mol. The minimum atomic E-state index is 0.944. The number of rotatable bonds is 2. The Labute approximate surface area is 105 Å². The Hall–Kier alpha value is -0.654. The summed E-state index contributed by atoms with van der Waals surface area (Å²) in [7, 11) is 0. The van der Waals surface area contributed by atoms with E-state index in [9.17, 15) is 0 Å². The van der Waals surface area contributed by atoms with E-state index in [0.29, 0.717) is 0 Å². The Bertz CT molecular complexity index is 161. The van der Waals surface area contributed by atoms with Crippen molar-refractivity contribution in [2.24, 2.45) is 20.6 Å². The Morgan fingerprint density at radius 3 is 0.867 bits per heavy atom. The van der Waals surface area contributed by atoms with E-state index in [2.05, 4.69) is 49.0 Å². The van der Waals surface area contributed by atoms with Gasteiger partial charge in [-0.25, -0.2) is 0 Å². The van der Waals surface area contributed by atoms with Crippen LogP contribution in [-0.2, 0) is 11.1 Å². The summed E-state index contributed by atoms with van der Waals surface area (Å²) in [5, 5.41) is 40.2. The number of oxime groups is 4. The zero-order valence-corrected chi connectivity index (χ0v) is 11.2. The summed E-state index contributed by atoms with van der Waals surface area (Å²) < 4.78 is 0. The van der Waals surface area contributed by atoms with Crippen LogP contribution < -0.4 is 0 Å². The first-order chi connectivity index (χ1) is 7.24. The maximum atomic E-state index is 7.56. The summed E-state index contributed by atoms with van der Waals surface area (Å²) in [4.78, 5) is 0. The van der Waals surface area contributed by atoms with Crippen LogP contribution in [0.3, 0.4) is 0 Å². The number of hydrogen-bond acceptors (Lipinski definition) is 8. The van der Waals surface area contributed by atoms with Crippen molar-refractivity contribution in [3.05, 3.63) is 0 Å². The average Bonchev–Trinajstić information content (AvgIpc) is 2.25. The number of hydrogen-bond donors (Lipinski definition) is 4. The fourth-order valence-corrected chi connectivity index (χ4v) is 0.119. The number of nitrogens with zero attached hydrogens (tertiary/aromatic N) is 4. The molecule has 0 fully saturated rings. The van der Waals surface area contributed by atoms with Gasteiger partial charge in [-0.2, -0.15) is 0 Å². The summed E-state index contributed by atoms with van der Waals surface area (Å²) in [6.07, 6.45) is 3.78. The van der Waals surface area contributed by atoms with Crippen LogP contribution in [0.5, 0.6) is 0 Å². The molecule has 0 aliphatic carbocycles. The van der Waals surface area contributed by atoms with Crippen molar-refractivity contribution in [1.82, 2.24) is 0 Å². The molecular formula is C4H8Br2CoN4O4. The first-order valence-electron chi connectivity index (χ1n) is 2.75. The minimum absolute atomic E-state index is 0.944. The molecule has 4 N–H and O–H groups in total. The van der Waals surface area contributed by atoms with Crippen molar-refractivity contribution in [3.63, 3.8) is 0 Å². The van der Waals surface area contributed by atoms with Gasteiger partial charge in [-0.15, -0.1) is 0 Å². The van der Waals surface area contributed by atoms with Crippen LogP contribution in [0.4, 0.5) is 0 Å². The first kappa shape index (κ1) is 19.8. The molecule has 0 saturated heterocycles. The summed E-state index contributed by atoms with van der Waals surface area (Å²) >= 11 is 7.12. The third-order valence-electron chi connectivity index (χ3n) is 0.400. The van der Waals surface area contributed by atoms with E-state index in [0.717, 1.165) is 36.0 Å². The molecule has 11 heteroatoms. The summed E-state index contributed by atoms with van der Waals surface area (Å²) in [5.41, 5.74) is 0. The standard InChI is InChI=1S/2C2H4N2O2.2BrH.Co/c2*5-3-1-2-4-6;;;/h2*1-2,5-6H;2*1H;/q;;;;+2/p-2/b2*3-1+,4-2+;;;. The van der Waals surface area contributed by atoms with Gasteiger partial charge in [0.2, 0.25) is 0 Å². The van der Waals surface area contributed by atoms with Crippen LogP contribution in [-0.4, -0.2) is 45.7 Å². The van der Waals surface area contributed by atoms with Gasteiger partial charge in [-0.3, -0.25) is 0 Å². The van der Waals surface area contributed by atoms with Crippen molar-refractivity contribution < 1.29 is 31.9 Å². The van der Waals surface area contributed by atoms with Crippen LogP contribution in [0.2, 0.25) is 0 Å². The van der Waals surface area contributed by atoms with Crippen LogP contribution in [0.25, 0.3) is 0 Å². The van der Waals surface area contributed by atoms with E-state index >= 15 is 0 Å². The monoisotopic (exact) mass is 393 g/mol. The average molecular weight is 395 g/mol. The topological polar surface area (TPSA) is 130 Å². The van der Waals surface area contributed by atoms with Crippen LogP contribution in [0.15, 0.2) is 20.6 Å². The van der Waals surface area contributed by atoms with E-state index in [1.165, 1.54) is 0 Å². The number of halogens is 2. The second kappa shape index (κ2) is 29.2. The summed E-state index contributed by atoms with van der Waals surface area (Å²) in [6, 6.07) is 0. The first-order valence-corrected chi connectivity index (χ1v) is 7.90. The van der Waals surface area contributed by atoms with Gasteiger partial charge in [0.1, 0.15) is 0 Å². The van der Waals surface area contributed by atoms with Gasteiger partial charge < -0.3 is 20.8 Å². The second-order valence-electron chi connectivity index (χ2n) is 1.11. The predicted octanol–water partition coefficient (Wildman–Crippen LogP) is 1.50. The van der Waals surface area contributed by atoms with Gasteiger partial charge in [0.25, 0.3) is 0 Å². The van der Waals surface area contributed by atoms with Crippen molar-refractivity contribution in [3.8, 4) is 0 Å².